The maximum Gasteiger partial charge on any atom is 0.218 e. The van der Waals surface area contributed by atoms with Gasteiger partial charge in [-0.3, -0.25) is 4.79 Å². The van der Waals surface area contributed by atoms with E-state index in [1.165, 1.54) is 0 Å². The Morgan fingerprint density at radius 3 is 2.67 bits per heavy atom. The van der Waals surface area contributed by atoms with Crippen molar-refractivity contribution in [2.24, 2.45) is 5.73 Å². The van der Waals surface area contributed by atoms with Crippen LogP contribution in [0.3, 0.4) is 0 Å². The number of hydrogen-bond acceptors (Lipinski definition) is 2. The van der Waals surface area contributed by atoms with E-state index in [1.807, 2.05) is 0 Å². The molecular formula is C6H9NO2. The Morgan fingerprint density at radius 1 is 1.56 bits per heavy atom. The van der Waals surface area contributed by atoms with Crippen molar-refractivity contribution in [1.82, 2.24) is 0 Å². The summed E-state index contributed by atoms with van der Waals surface area (Å²) in [6, 6.07) is 0. The molecule has 3 N–H and O–H groups in total. The Balaban J connectivity index is 3.19. The number of carbonyl (C=O) groups excluding carboxylic acids is 1. The van der Waals surface area contributed by atoms with Crippen LogP contribution in [0.2, 0.25) is 0 Å². The first-order valence-electron chi connectivity index (χ1n) is 2.62. The van der Waals surface area contributed by atoms with Gasteiger partial charge in [0, 0.05) is 12.8 Å². The summed E-state index contributed by atoms with van der Waals surface area (Å²) in [7, 11) is 0. The Hall–Kier alpha value is -1.01. The number of nitrogens with two attached hydrogens (primary N) is 1. The second-order valence-corrected chi connectivity index (χ2v) is 1.48. The van der Waals surface area contributed by atoms with Crippen molar-refractivity contribution < 1.29 is 9.90 Å². The van der Waals surface area contributed by atoms with Gasteiger partial charge in [0.15, 0.2) is 0 Å². The van der Waals surface area contributed by atoms with E-state index in [9.17, 15) is 4.79 Å². The fraction of sp³-hybridized carbons (Fsp3) is 0.500. The molecule has 0 aliphatic heterocycles. The first-order chi connectivity index (χ1) is 4.27. The molecule has 0 aromatic heterocycles. The van der Waals surface area contributed by atoms with Crippen LogP contribution in [0, 0.1) is 11.8 Å². The van der Waals surface area contributed by atoms with Crippen LogP contribution in [0.15, 0.2) is 0 Å². The summed E-state index contributed by atoms with van der Waals surface area (Å²) in [5.41, 5.74) is 4.81. The fourth-order valence-electron chi connectivity index (χ4n) is 0.330. The fourth-order valence-corrected chi connectivity index (χ4v) is 0.330. The maximum atomic E-state index is 10.1. The molecular weight excluding hydrogens is 118 g/mol. The summed E-state index contributed by atoms with van der Waals surface area (Å²) >= 11 is 0. The lowest BCUT2D eigenvalue weighted by Gasteiger charge is -1.83. The molecule has 0 aliphatic rings. The van der Waals surface area contributed by atoms with Gasteiger partial charge in [-0.2, -0.15) is 0 Å². The quantitative estimate of drug-likeness (QED) is 0.479. The van der Waals surface area contributed by atoms with Gasteiger partial charge < -0.3 is 10.8 Å². The first kappa shape index (κ1) is 7.99. The Labute approximate surface area is 53.9 Å². The zero-order valence-electron chi connectivity index (χ0n) is 5.05. The van der Waals surface area contributed by atoms with Crippen LogP contribution in [0.4, 0.5) is 0 Å². The highest BCUT2D eigenvalue weighted by Gasteiger charge is 1.87. The molecule has 0 unspecified atom stereocenters. The summed E-state index contributed by atoms with van der Waals surface area (Å²) in [6.45, 7) is -0.154. The number of hydrogen-bond donors (Lipinski definition) is 2. The molecule has 0 aliphatic carbocycles. The van der Waals surface area contributed by atoms with Crippen LogP contribution < -0.4 is 5.73 Å². The number of aliphatic hydroxyl groups excluding tert-OH is 1. The predicted molar refractivity (Wildman–Crippen MR) is 33.3 cm³/mol. The molecule has 0 aromatic rings. The van der Waals surface area contributed by atoms with Gasteiger partial charge in [0.05, 0.1) is 0 Å². The van der Waals surface area contributed by atoms with Crippen molar-refractivity contribution in [2.45, 2.75) is 12.8 Å². The van der Waals surface area contributed by atoms with E-state index in [-0.39, 0.29) is 18.9 Å². The zero-order chi connectivity index (χ0) is 7.11. The van der Waals surface area contributed by atoms with Crippen molar-refractivity contribution in [3.8, 4) is 11.8 Å². The van der Waals surface area contributed by atoms with Gasteiger partial charge in [0.1, 0.15) is 6.61 Å². The SMILES string of the molecule is NC(=O)CCC#CCO. The smallest absolute Gasteiger partial charge is 0.218 e. The van der Waals surface area contributed by atoms with E-state index >= 15 is 0 Å². The monoisotopic (exact) mass is 127 g/mol. The van der Waals surface area contributed by atoms with Gasteiger partial charge in [-0.05, 0) is 0 Å². The summed E-state index contributed by atoms with van der Waals surface area (Å²) in [4.78, 5) is 10.1. The molecule has 0 fully saturated rings. The molecule has 0 heterocycles. The second kappa shape index (κ2) is 5.13. The van der Waals surface area contributed by atoms with Crippen molar-refractivity contribution in [3.05, 3.63) is 0 Å². The summed E-state index contributed by atoms with van der Waals surface area (Å²) in [5, 5.41) is 8.14. The minimum absolute atomic E-state index is 0.154. The first-order valence-corrected chi connectivity index (χ1v) is 2.62. The van der Waals surface area contributed by atoms with Crippen LogP contribution in [-0.4, -0.2) is 17.6 Å². The Bertz CT molecular complexity index is 143. The van der Waals surface area contributed by atoms with Crippen molar-refractivity contribution in [1.29, 1.82) is 0 Å². The molecule has 0 bridgehead atoms. The van der Waals surface area contributed by atoms with Crippen molar-refractivity contribution in [3.63, 3.8) is 0 Å². The van der Waals surface area contributed by atoms with Gasteiger partial charge in [-0.15, -0.1) is 5.92 Å². The van der Waals surface area contributed by atoms with Crippen LogP contribution in [0.25, 0.3) is 0 Å². The van der Waals surface area contributed by atoms with E-state index in [0.717, 1.165) is 0 Å². The highest BCUT2D eigenvalue weighted by Crippen LogP contribution is 1.81. The van der Waals surface area contributed by atoms with Crippen LogP contribution in [0.1, 0.15) is 12.8 Å². The van der Waals surface area contributed by atoms with Gasteiger partial charge in [-0.1, -0.05) is 5.92 Å². The van der Waals surface area contributed by atoms with Gasteiger partial charge in [-0.25, -0.2) is 0 Å². The molecule has 0 atom stereocenters. The third-order valence-electron chi connectivity index (χ3n) is 0.700. The van der Waals surface area contributed by atoms with E-state index in [0.29, 0.717) is 6.42 Å². The zero-order valence-corrected chi connectivity index (χ0v) is 5.05. The number of primary amides is 1. The molecule has 50 valence electrons. The molecule has 0 saturated carbocycles. The normalized spacial score (nSPS) is 7.67. The van der Waals surface area contributed by atoms with E-state index in [2.05, 4.69) is 11.8 Å². The molecule has 9 heavy (non-hydrogen) atoms. The minimum Gasteiger partial charge on any atom is -0.384 e. The molecule has 3 nitrogen and oxygen atoms in total. The van der Waals surface area contributed by atoms with Gasteiger partial charge in [0.25, 0.3) is 0 Å². The maximum absolute atomic E-state index is 10.1. The lowest BCUT2D eigenvalue weighted by Crippen LogP contribution is -2.08. The highest BCUT2D eigenvalue weighted by molar-refractivity contribution is 5.73. The van der Waals surface area contributed by atoms with Gasteiger partial charge in [0.2, 0.25) is 5.91 Å². The molecule has 1 amide bonds. The number of amides is 1. The summed E-state index contributed by atoms with van der Waals surface area (Å²) in [6.07, 6.45) is 0.711. The largest absolute Gasteiger partial charge is 0.384 e. The highest BCUT2D eigenvalue weighted by atomic mass is 16.2. The standard InChI is InChI=1S/C6H9NO2/c7-6(9)4-2-1-3-5-8/h8H,2,4-5H2,(H2,7,9). The van der Waals surface area contributed by atoms with E-state index in [1.54, 1.807) is 0 Å². The lowest BCUT2D eigenvalue weighted by atomic mass is 10.3. The Kier molecular flexibility index (Phi) is 4.56. The summed E-state index contributed by atoms with van der Waals surface area (Å²) in [5.74, 6) is 4.61. The number of rotatable bonds is 2. The molecule has 0 saturated heterocycles. The van der Waals surface area contributed by atoms with Crippen LogP contribution >= 0.6 is 0 Å². The number of carbonyl (C=O) groups is 1. The minimum atomic E-state index is -0.359. The average Bonchev–Trinajstić information content (AvgIpc) is 1.80. The van der Waals surface area contributed by atoms with E-state index < -0.39 is 0 Å². The third kappa shape index (κ3) is 6.99. The van der Waals surface area contributed by atoms with Crippen molar-refractivity contribution in [2.75, 3.05) is 6.61 Å². The molecule has 0 rings (SSSR count). The molecule has 0 aromatic carbocycles. The second-order valence-electron chi connectivity index (χ2n) is 1.48. The lowest BCUT2D eigenvalue weighted by molar-refractivity contribution is -0.117. The molecule has 0 radical (unpaired) electrons. The van der Waals surface area contributed by atoms with Gasteiger partial charge >= 0.3 is 0 Å². The average molecular weight is 127 g/mol. The van der Waals surface area contributed by atoms with E-state index in [4.69, 9.17) is 10.8 Å². The van der Waals surface area contributed by atoms with Crippen LogP contribution in [0.5, 0.6) is 0 Å². The van der Waals surface area contributed by atoms with Crippen molar-refractivity contribution >= 4 is 5.91 Å². The molecule has 3 heteroatoms. The third-order valence-corrected chi connectivity index (χ3v) is 0.700. The van der Waals surface area contributed by atoms with Crippen LogP contribution in [-0.2, 0) is 4.79 Å². The summed E-state index contributed by atoms with van der Waals surface area (Å²) < 4.78 is 0. The predicted octanol–water partition coefficient (Wildman–Crippen LogP) is -0.752. The Morgan fingerprint density at radius 2 is 2.22 bits per heavy atom. The molecule has 0 spiro atoms. The number of aliphatic hydroxyl groups is 1. The topological polar surface area (TPSA) is 63.3 Å².